The van der Waals surface area contributed by atoms with Crippen LogP contribution in [0.15, 0.2) is 18.2 Å². The van der Waals surface area contributed by atoms with Crippen molar-refractivity contribution >= 4 is 5.97 Å². The van der Waals surface area contributed by atoms with E-state index in [1.807, 2.05) is 12.1 Å². The third kappa shape index (κ3) is 4.03. The molecule has 1 unspecified atom stereocenters. The highest BCUT2D eigenvalue weighted by Crippen LogP contribution is 2.22. The van der Waals surface area contributed by atoms with Crippen LogP contribution in [0, 0.1) is 18.7 Å². The highest BCUT2D eigenvalue weighted by atomic mass is 19.1. The molecular weight excluding hydrogens is 269 g/mol. The van der Waals surface area contributed by atoms with Crippen molar-refractivity contribution in [3.63, 3.8) is 0 Å². The fourth-order valence-electron chi connectivity index (χ4n) is 3.15. The van der Waals surface area contributed by atoms with Gasteiger partial charge in [-0.2, -0.15) is 0 Å². The largest absolute Gasteiger partial charge is 0.481 e. The Bertz CT molecular complexity index is 496. The summed E-state index contributed by atoms with van der Waals surface area (Å²) < 4.78 is 13.3. The van der Waals surface area contributed by atoms with Crippen molar-refractivity contribution < 1.29 is 14.3 Å². The molecule has 1 aromatic carbocycles. The molecule has 4 heteroatoms. The molecule has 1 N–H and O–H groups in total. The first-order chi connectivity index (χ1) is 10.0. The molecule has 0 aliphatic carbocycles. The second-order valence-corrected chi connectivity index (χ2v) is 6.00. The van der Waals surface area contributed by atoms with E-state index in [1.165, 1.54) is 6.07 Å². The highest BCUT2D eigenvalue weighted by Gasteiger charge is 2.27. The van der Waals surface area contributed by atoms with Gasteiger partial charge in [0.2, 0.25) is 0 Å². The zero-order chi connectivity index (χ0) is 15.4. The second-order valence-electron chi connectivity index (χ2n) is 6.00. The molecule has 21 heavy (non-hydrogen) atoms. The fraction of sp³-hybridized carbons (Fsp3) is 0.588. The van der Waals surface area contributed by atoms with Gasteiger partial charge in [0.1, 0.15) is 5.82 Å². The number of halogens is 1. The molecule has 0 radical (unpaired) electrons. The number of carboxylic acid groups (broad SMARTS) is 1. The van der Waals surface area contributed by atoms with Crippen molar-refractivity contribution in [1.82, 2.24) is 4.90 Å². The Labute approximate surface area is 125 Å². The van der Waals surface area contributed by atoms with Crippen LogP contribution in [0.2, 0.25) is 0 Å². The number of carbonyl (C=O) groups is 1. The minimum atomic E-state index is -0.670. The summed E-state index contributed by atoms with van der Waals surface area (Å²) in [4.78, 5) is 13.4. The number of benzene rings is 1. The third-order valence-corrected chi connectivity index (χ3v) is 4.56. The molecule has 0 aromatic heterocycles. The Morgan fingerprint density at radius 1 is 1.43 bits per heavy atom. The van der Waals surface area contributed by atoms with E-state index < -0.39 is 5.97 Å². The molecule has 1 fully saturated rings. The molecule has 3 nitrogen and oxygen atoms in total. The van der Waals surface area contributed by atoms with Crippen LogP contribution in [0.5, 0.6) is 0 Å². The van der Waals surface area contributed by atoms with E-state index in [2.05, 4.69) is 11.8 Å². The van der Waals surface area contributed by atoms with Crippen LogP contribution in [-0.4, -0.2) is 35.1 Å². The number of hydrogen-bond acceptors (Lipinski definition) is 2. The third-order valence-electron chi connectivity index (χ3n) is 4.56. The molecule has 0 bridgehead atoms. The summed E-state index contributed by atoms with van der Waals surface area (Å²) in [5.41, 5.74) is 1.84. The van der Waals surface area contributed by atoms with E-state index in [0.717, 1.165) is 44.3 Å². The number of hydrogen-bond donors (Lipinski definition) is 1. The van der Waals surface area contributed by atoms with Gasteiger partial charge in [0.05, 0.1) is 5.92 Å². The molecule has 1 aliphatic heterocycles. The van der Waals surface area contributed by atoms with Crippen molar-refractivity contribution in [2.45, 2.75) is 45.6 Å². The first-order valence-electron chi connectivity index (χ1n) is 7.73. The van der Waals surface area contributed by atoms with Crippen molar-refractivity contribution in [2.24, 2.45) is 5.92 Å². The van der Waals surface area contributed by atoms with Gasteiger partial charge in [-0.3, -0.25) is 4.79 Å². The fourth-order valence-corrected chi connectivity index (χ4v) is 3.15. The van der Waals surface area contributed by atoms with Gasteiger partial charge in [-0.05, 0) is 62.9 Å². The molecule has 1 atom stereocenters. The maximum absolute atomic E-state index is 13.3. The number of carboxylic acids is 1. The lowest BCUT2D eigenvalue weighted by molar-refractivity contribution is -0.143. The molecule has 0 amide bonds. The van der Waals surface area contributed by atoms with Crippen LogP contribution >= 0.6 is 0 Å². The van der Waals surface area contributed by atoms with Crippen molar-refractivity contribution in [2.75, 3.05) is 13.1 Å². The van der Waals surface area contributed by atoms with Crippen molar-refractivity contribution in [3.05, 3.63) is 35.1 Å². The van der Waals surface area contributed by atoms with Crippen LogP contribution in [0.4, 0.5) is 4.39 Å². The molecular formula is C17H24FNO2. The van der Waals surface area contributed by atoms with Crippen LogP contribution in [0.1, 0.15) is 37.3 Å². The summed E-state index contributed by atoms with van der Waals surface area (Å²) in [7, 11) is 0. The number of piperidine rings is 1. The van der Waals surface area contributed by atoms with E-state index in [-0.39, 0.29) is 11.7 Å². The summed E-state index contributed by atoms with van der Waals surface area (Å²) >= 11 is 0. The maximum Gasteiger partial charge on any atom is 0.306 e. The zero-order valence-electron chi connectivity index (χ0n) is 12.8. The Morgan fingerprint density at radius 2 is 2.10 bits per heavy atom. The highest BCUT2D eigenvalue weighted by molar-refractivity contribution is 5.70. The Morgan fingerprint density at radius 3 is 2.62 bits per heavy atom. The minimum Gasteiger partial charge on any atom is -0.481 e. The van der Waals surface area contributed by atoms with Crippen LogP contribution in [0.25, 0.3) is 0 Å². The van der Waals surface area contributed by atoms with Crippen LogP contribution in [0.3, 0.4) is 0 Å². The van der Waals surface area contributed by atoms with Gasteiger partial charge < -0.3 is 10.0 Å². The van der Waals surface area contributed by atoms with E-state index >= 15 is 0 Å². The molecule has 1 aromatic rings. The first-order valence-corrected chi connectivity index (χ1v) is 7.73. The predicted octanol–water partition coefficient (Wildman–Crippen LogP) is 3.25. The molecule has 0 saturated carbocycles. The lowest BCUT2D eigenvalue weighted by Gasteiger charge is -2.36. The van der Waals surface area contributed by atoms with Gasteiger partial charge in [0, 0.05) is 6.04 Å². The Balaban J connectivity index is 1.97. The Kier molecular flexibility index (Phi) is 5.34. The minimum absolute atomic E-state index is 0.158. The molecule has 1 saturated heterocycles. The van der Waals surface area contributed by atoms with E-state index in [4.69, 9.17) is 5.11 Å². The van der Waals surface area contributed by atoms with E-state index in [1.54, 1.807) is 6.92 Å². The number of nitrogens with zero attached hydrogens (tertiary/aromatic N) is 1. The standard InChI is InChI=1S/C17H24FNO2/c1-3-15(11-13-4-5-16(18)12(2)10-13)19-8-6-14(7-9-19)17(20)21/h4-5,10,14-15H,3,6-9,11H2,1-2H3,(H,20,21). The van der Waals surface area contributed by atoms with Crippen LogP contribution in [-0.2, 0) is 11.2 Å². The summed E-state index contributed by atoms with van der Waals surface area (Å²) in [6, 6.07) is 5.72. The maximum atomic E-state index is 13.3. The van der Waals surface area contributed by atoms with E-state index in [9.17, 15) is 9.18 Å². The van der Waals surface area contributed by atoms with Gasteiger partial charge in [-0.25, -0.2) is 4.39 Å². The lowest BCUT2D eigenvalue weighted by Crippen LogP contribution is -2.43. The SMILES string of the molecule is CCC(Cc1ccc(F)c(C)c1)N1CCC(C(=O)O)CC1. The monoisotopic (exact) mass is 293 g/mol. The number of rotatable bonds is 5. The molecule has 2 rings (SSSR count). The zero-order valence-corrected chi connectivity index (χ0v) is 12.8. The Hall–Kier alpha value is -1.42. The number of aryl methyl sites for hydroxylation is 1. The van der Waals surface area contributed by atoms with Gasteiger partial charge >= 0.3 is 5.97 Å². The molecule has 0 spiro atoms. The second kappa shape index (κ2) is 7.03. The smallest absolute Gasteiger partial charge is 0.306 e. The lowest BCUT2D eigenvalue weighted by atomic mass is 9.93. The predicted molar refractivity (Wildman–Crippen MR) is 80.9 cm³/mol. The average Bonchev–Trinajstić information content (AvgIpc) is 2.48. The molecule has 1 aliphatic rings. The summed E-state index contributed by atoms with van der Waals surface area (Å²) in [6.45, 7) is 5.63. The summed E-state index contributed by atoms with van der Waals surface area (Å²) in [6.07, 6.45) is 3.38. The summed E-state index contributed by atoms with van der Waals surface area (Å²) in [5.74, 6) is -1.02. The normalized spacial score (nSPS) is 18.6. The first kappa shape index (κ1) is 16.0. The van der Waals surface area contributed by atoms with Gasteiger partial charge in [-0.1, -0.05) is 19.1 Å². The van der Waals surface area contributed by atoms with E-state index in [0.29, 0.717) is 11.6 Å². The van der Waals surface area contributed by atoms with Gasteiger partial charge in [0.25, 0.3) is 0 Å². The van der Waals surface area contributed by atoms with Crippen LogP contribution < -0.4 is 0 Å². The topological polar surface area (TPSA) is 40.5 Å². The molecule has 116 valence electrons. The average molecular weight is 293 g/mol. The van der Waals surface area contributed by atoms with Crippen molar-refractivity contribution in [3.8, 4) is 0 Å². The summed E-state index contributed by atoms with van der Waals surface area (Å²) in [5, 5.41) is 9.06. The van der Waals surface area contributed by atoms with Gasteiger partial charge in [-0.15, -0.1) is 0 Å². The van der Waals surface area contributed by atoms with Gasteiger partial charge in [0.15, 0.2) is 0 Å². The molecule has 1 heterocycles. The number of aliphatic carboxylic acids is 1. The van der Waals surface area contributed by atoms with Crippen molar-refractivity contribution in [1.29, 1.82) is 0 Å². The quantitative estimate of drug-likeness (QED) is 0.906. The number of likely N-dealkylation sites (tertiary alicyclic amines) is 1.